The molecule has 0 bridgehead atoms. The second-order valence-electron chi connectivity index (χ2n) is 6.69. The molecule has 0 spiro atoms. The first-order chi connectivity index (χ1) is 12.6. The molecule has 26 heavy (non-hydrogen) atoms. The van der Waals surface area contributed by atoms with Gasteiger partial charge in [0.25, 0.3) is 0 Å². The zero-order chi connectivity index (χ0) is 18.4. The summed E-state index contributed by atoms with van der Waals surface area (Å²) in [5, 5.41) is 3.17. The first kappa shape index (κ1) is 18.2. The number of nitrogens with zero attached hydrogens (tertiary/aromatic N) is 4. The van der Waals surface area contributed by atoms with E-state index in [0.29, 0.717) is 12.5 Å². The van der Waals surface area contributed by atoms with E-state index in [9.17, 15) is 0 Å². The van der Waals surface area contributed by atoms with E-state index in [1.54, 1.807) is 0 Å². The van der Waals surface area contributed by atoms with Gasteiger partial charge in [0.15, 0.2) is 5.96 Å². The number of aryl methyl sites for hydroxylation is 1. The fourth-order valence-corrected chi connectivity index (χ4v) is 3.00. The molecule has 2 aromatic rings. The van der Waals surface area contributed by atoms with Crippen LogP contribution < -0.4 is 16.0 Å². The molecule has 0 saturated carbocycles. The molecule has 3 rings (SSSR count). The summed E-state index contributed by atoms with van der Waals surface area (Å²) >= 11 is 0. The second kappa shape index (κ2) is 8.67. The highest BCUT2D eigenvalue weighted by Gasteiger charge is 2.15. The number of rotatable bonds is 5. The number of anilines is 2. The molecule has 3 N–H and O–H groups in total. The fourth-order valence-electron chi connectivity index (χ4n) is 3.00. The molecule has 6 nitrogen and oxygen atoms in total. The monoisotopic (exact) mass is 352 g/mol. The predicted molar refractivity (Wildman–Crippen MR) is 109 cm³/mol. The lowest BCUT2D eigenvalue weighted by Crippen LogP contribution is -2.44. The van der Waals surface area contributed by atoms with Gasteiger partial charge in [-0.3, -0.25) is 0 Å². The Hall–Kier alpha value is -2.60. The molecule has 2 heterocycles. The van der Waals surface area contributed by atoms with E-state index in [2.05, 4.69) is 57.3 Å². The van der Waals surface area contributed by atoms with Crippen molar-refractivity contribution in [3.05, 3.63) is 53.7 Å². The molecule has 0 amide bonds. The number of hydrogen-bond acceptors (Lipinski definition) is 4. The number of hydrogen-bond donors (Lipinski definition) is 2. The minimum absolute atomic E-state index is 0.427. The van der Waals surface area contributed by atoms with E-state index in [1.165, 1.54) is 5.56 Å². The smallest absolute Gasteiger partial charge is 0.193 e. The number of nitrogens with one attached hydrogen (secondary N) is 1. The standard InChI is InChI=1S/C20H28N6/c1-3-16-5-4-6-18(13-16)24-20(21)23-15-17-7-8-22-19(14-17)26-11-9-25(2)10-12-26/h4-8,13-14H,3,9-12,15H2,1-2H3,(H3,21,23,24). The Morgan fingerprint density at radius 2 is 1.96 bits per heavy atom. The molecule has 1 aromatic carbocycles. The highest BCUT2D eigenvalue weighted by atomic mass is 15.3. The molecule has 0 aliphatic carbocycles. The highest BCUT2D eigenvalue weighted by Crippen LogP contribution is 2.15. The molecule has 1 aliphatic rings. The average Bonchev–Trinajstić information content (AvgIpc) is 2.67. The van der Waals surface area contributed by atoms with Gasteiger partial charge < -0.3 is 20.9 Å². The lowest BCUT2D eigenvalue weighted by Gasteiger charge is -2.33. The lowest BCUT2D eigenvalue weighted by atomic mass is 10.1. The minimum atomic E-state index is 0.427. The maximum atomic E-state index is 6.05. The summed E-state index contributed by atoms with van der Waals surface area (Å²) in [7, 11) is 2.15. The molecule has 0 atom stereocenters. The van der Waals surface area contributed by atoms with Gasteiger partial charge in [-0.15, -0.1) is 0 Å². The molecule has 1 aliphatic heterocycles. The van der Waals surface area contributed by atoms with Gasteiger partial charge in [0.05, 0.1) is 6.54 Å². The number of piperazine rings is 1. The van der Waals surface area contributed by atoms with Crippen LogP contribution in [0, 0.1) is 0 Å². The molecule has 1 aromatic heterocycles. The Labute approximate surface area is 155 Å². The summed E-state index contributed by atoms with van der Waals surface area (Å²) in [6.45, 7) is 6.82. The number of pyridine rings is 1. The third-order valence-corrected chi connectivity index (χ3v) is 4.68. The van der Waals surface area contributed by atoms with Crippen molar-refractivity contribution in [2.45, 2.75) is 19.9 Å². The van der Waals surface area contributed by atoms with Crippen LogP contribution in [0.4, 0.5) is 11.5 Å². The number of nitrogens with two attached hydrogens (primary N) is 1. The summed E-state index contributed by atoms with van der Waals surface area (Å²) in [5.74, 6) is 1.45. The largest absolute Gasteiger partial charge is 0.370 e. The van der Waals surface area contributed by atoms with Crippen molar-refractivity contribution in [3.63, 3.8) is 0 Å². The quantitative estimate of drug-likeness (QED) is 0.638. The van der Waals surface area contributed by atoms with Crippen molar-refractivity contribution in [3.8, 4) is 0 Å². The van der Waals surface area contributed by atoms with E-state index in [-0.39, 0.29) is 0 Å². The zero-order valence-electron chi connectivity index (χ0n) is 15.7. The van der Waals surface area contributed by atoms with Crippen LogP contribution in [0.15, 0.2) is 47.6 Å². The molecule has 138 valence electrons. The molecule has 1 saturated heterocycles. The van der Waals surface area contributed by atoms with Crippen LogP contribution in [0.25, 0.3) is 0 Å². The first-order valence-electron chi connectivity index (χ1n) is 9.18. The van der Waals surface area contributed by atoms with E-state index in [4.69, 9.17) is 5.73 Å². The van der Waals surface area contributed by atoms with Crippen LogP contribution >= 0.6 is 0 Å². The molecular weight excluding hydrogens is 324 g/mol. The predicted octanol–water partition coefficient (Wildman–Crippen LogP) is 2.32. The van der Waals surface area contributed by atoms with Gasteiger partial charge in [0.1, 0.15) is 5.82 Å². The van der Waals surface area contributed by atoms with E-state index < -0.39 is 0 Å². The third-order valence-electron chi connectivity index (χ3n) is 4.68. The highest BCUT2D eigenvalue weighted by molar-refractivity contribution is 5.92. The molecule has 6 heteroatoms. The number of benzene rings is 1. The van der Waals surface area contributed by atoms with Crippen LogP contribution in [0.3, 0.4) is 0 Å². The van der Waals surface area contributed by atoms with Crippen molar-refractivity contribution in [2.24, 2.45) is 10.7 Å². The topological polar surface area (TPSA) is 69.8 Å². The SMILES string of the molecule is CCc1cccc(NC(N)=NCc2ccnc(N3CCN(C)CC3)c2)c1. The summed E-state index contributed by atoms with van der Waals surface area (Å²) in [6, 6.07) is 12.3. The van der Waals surface area contributed by atoms with Crippen LogP contribution in [-0.4, -0.2) is 49.1 Å². The molecule has 0 radical (unpaired) electrons. The van der Waals surface area contributed by atoms with Gasteiger partial charge in [-0.25, -0.2) is 9.98 Å². The van der Waals surface area contributed by atoms with Gasteiger partial charge in [0, 0.05) is 38.1 Å². The Balaban J connectivity index is 1.61. The Morgan fingerprint density at radius 3 is 2.73 bits per heavy atom. The molecule has 1 fully saturated rings. The summed E-state index contributed by atoms with van der Waals surface area (Å²) in [4.78, 5) is 13.6. The van der Waals surface area contributed by atoms with Crippen molar-refractivity contribution in [1.82, 2.24) is 9.88 Å². The third kappa shape index (κ3) is 4.95. The van der Waals surface area contributed by atoms with Gasteiger partial charge in [0.2, 0.25) is 0 Å². The van der Waals surface area contributed by atoms with Gasteiger partial charge in [-0.2, -0.15) is 0 Å². The summed E-state index contributed by atoms with van der Waals surface area (Å²) in [6.07, 6.45) is 2.85. The zero-order valence-corrected chi connectivity index (χ0v) is 15.7. The van der Waals surface area contributed by atoms with E-state index in [1.807, 2.05) is 24.4 Å². The average molecular weight is 352 g/mol. The Bertz CT molecular complexity index is 749. The first-order valence-corrected chi connectivity index (χ1v) is 9.18. The number of aliphatic imine (C=N–C) groups is 1. The summed E-state index contributed by atoms with van der Waals surface area (Å²) < 4.78 is 0. The van der Waals surface area contributed by atoms with Gasteiger partial charge in [-0.1, -0.05) is 19.1 Å². The van der Waals surface area contributed by atoms with Crippen LogP contribution in [0.1, 0.15) is 18.1 Å². The fraction of sp³-hybridized carbons (Fsp3) is 0.400. The van der Waals surface area contributed by atoms with Crippen molar-refractivity contribution in [2.75, 3.05) is 43.4 Å². The minimum Gasteiger partial charge on any atom is -0.370 e. The van der Waals surface area contributed by atoms with E-state index >= 15 is 0 Å². The summed E-state index contributed by atoms with van der Waals surface area (Å²) in [5.41, 5.74) is 9.40. The maximum Gasteiger partial charge on any atom is 0.193 e. The second-order valence-corrected chi connectivity index (χ2v) is 6.69. The van der Waals surface area contributed by atoms with Crippen LogP contribution in [-0.2, 0) is 13.0 Å². The van der Waals surface area contributed by atoms with Crippen LogP contribution in [0.5, 0.6) is 0 Å². The van der Waals surface area contributed by atoms with Crippen molar-refractivity contribution < 1.29 is 0 Å². The Morgan fingerprint density at radius 1 is 1.15 bits per heavy atom. The number of likely N-dealkylation sites (N-methyl/N-ethyl adjacent to an activating group) is 1. The molecular formula is C20H28N6. The van der Waals surface area contributed by atoms with Crippen molar-refractivity contribution in [1.29, 1.82) is 0 Å². The Kier molecular flexibility index (Phi) is 6.07. The van der Waals surface area contributed by atoms with Crippen LogP contribution in [0.2, 0.25) is 0 Å². The van der Waals surface area contributed by atoms with Gasteiger partial charge in [-0.05, 0) is 48.9 Å². The molecule has 0 unspecified atom stereocenters. The number of guanidine groups is 1. The normalized spacial score (nSPS) is 15.9. The van der Waals surface area contributed by atoms with Crippen molar-refractivity contribution >= 4 is 17.5 Å². The number of aromatic nitrogens is 1. The maximum absolute atomic E-state index is 6.05. The van der Waals surface area contributed by atoms with E-state index in [0.717, 1.165) is 49.7 Å². The van der Waals surface area contributed by atoms with Gasteiger partial charge >= 0.3 is 0 Å². The lowest BCUT2D eigenvalue weighted by molar-refractivity contribution is 0.312.